The van der Waals surface area contributed by atoms with Crippen LogP contribution < -0.4 is 0 Å². The molecule has 0 heterocycles. The number of hydrogen-bond donors (Lipinski definition) is 1. The van der Waals surface area contributed by atoms with Gasteiger partial charge in [0, 0.05) is 11.3 Å². The minimum Gasteiger partial charge on any atom is -0.481 e. The Morgan fingerprint density at radius 1 is 1.19 bits per heavy atom. The molecule has 3 nitrogen and oxygen atoms in total. The molecule has 0 atom stereocenters. The molecule has 1 aromatic carbocycles. The van der Waals surface area contributed by atoms with Gasteiger partial charge >= 0.3 is 5.97 Å². The van der Waals surface area contributed by atoms with Crippen LogP contribution in [0.1, 0.15) is 19.3 Å². The predicted molar refractivity (Wildman–Crippen MR) is 63.7 cm³/mol. The quantitative estimate of drug-likeness (QED) is 0.450. The molecule has 0 fully saturated rings. The Bertz CT molecular complexity index is 349. The van der Waals surface area contributed by atoms with Crippen molar-refractivity contribution in [1.29, 1.82) is 0 Å². The van der Waals surface area contributed by atoms with Crippen molar-refractivity contribution >= 4 is 23.5 Å². The standard InChI is InChI=1S/C12H14O3S/c13-10(9-12(14)15)5-4-8-16-11-6-2-1-3-7-11/h1-3,6-7H,4-5,8-9H2,(H,14,15). The molecule has 4 heteroatoms. The number of rotatable bonds is 7. The van der Waals surface area contributed by atoms with E-state index in [0.29, 0.717) is 6.42 Å². The molecule has 0 unspecified atom stereocenters. The highest BCUT2D eigenvalue weighted by molar-refractivity contribution is 7.99. The van der Waals surface area contributed by atoms with E-state index in [4.69, 9.17) is 5.11 Å². The van der Waals surface area contributed by atoms with E-state index < -0.39 is 5.97 Å². The van der Waals surface area contributed by atoms with Gasteiger partial charge in [0.25, 0.3) is 0 Å². The zero-order valence-corrected chi connectivity index (χ0v) is 9.70. The number of ketones is 1. The van der Waals surface area contributed by atoms with Gasteiger partial charge < -0.3 is 5.11 Å². The SMILES string of the molecule is O=C(O)CC(=O)CCCSc1ccccc1. The minimum absolute atomic E-state index is 0.193. The van der Waals surface area contributed by atoms with Gasteiger partial charge in [0.1, 0.15) is 12.2 Å². The second-order valence-corrected chi connectivity index (χ2v) is 4.54. The van der Waals surface area contributed by atoms with Gasteiger partial charge in [-0.15, -0.1) is 11.8 Å². The van der Waals surface area contributed by atoms with Crippen molar-refractivity contribution < 1.29 is 14.7 Å². The average molecular weight is 238 g/mol. The first-order valence-corrected chi connectivity index (χ1v) is 6.08. The molecule has 0 amide bonds. The second-order valence-electron chi connectivity index (χ2n) is 3.37. The van der Waals surface area contributed by atoms with Crippen LogP contribution in [0.3, 0.4) is 0 Å². The molecule has 0 bridgehead atoms. The highest BCUT2D eigenvalue weighted by atomic mass is 32.2. The Kier molecular flexibility index (Phi) is 5.64. The fraction of sp³-hybridized carbons (Fsp3) is 0.333. The van der Waals surface area contributed by atoms with Crippen molar-refractivity contribution in [3.8, 4) is 0 Å². The minimum atomic E-state index is -1.04. The third-order valence-corrected chi connectivity index (χ3v) is 3.06. The number of carbonyl (C=O) groups is 2. The Hall–Kier alpha value is -1.29. The summed E-state index contributed by atoms with van der Waals surface area (Å²) in [5, 5.41) is 8.39. The van der Waals surface area contributed by atoms with Crippen molar-refractivity contribution in [2.75, 3.05) is 5.75 Å². The number of benzene rings is 1. The number of hydrogen-bond acceptors (Lipinski definition) is 3. The van der Waals surface area contributed by atoms with Crippen LogP contribution in [-0.4, -0.2) is 22.6 Å². The molecule has 1 rings (SSSR count). The normalized spacial score (nSPS) is 10.0. The van der Waals surface area contributed by atoms with Gasteiger partial charge in [-0.2, -0.15) is 0 Å². The molecule has 0 saturated carbocycles. The first-order chi connectivity index (χ1) is 7.68. The summed E-state index contributed by atoms with van der Waals surface area (Å²) >= 11 is 1.68. The monoisotopic (exact) mass is 238 g/mol. The Morgan fingerprint density at radius 3 is 2.50 bits per heavy atom. The number of thioether (sulfide) groups is 1. The highest BCUT2D eigenvalue weighted by Crippen LogP contribution is 2.18. The van der Waals surface area contributed by atoms with E-state index >= 15 is 0 Å². The molecule has 0 aromatic heterocycles. The summed E-state index contributed by atoms with van der Waals surface area (Å²) in [7, 11) is 0. The lowest BCUT2D eigenvalue weighted by Gasteiger charge is -2.00. The van der Waals surface area contributed by atoms with E-state index in [9.17, 15) is 9.59 Å². The fourth-order valence-electron chi connectivity index (χ4n) is 1.23. The topological polar surface area (TPSA) is 54.4 Å². The third kappa shape index (κ3) is 5.56. The summed E-state index contributed by atoms with van der Waals surface area (Å²) in [5.41, 5.74) is 0. The second kappa shape index (κ2) is 7.06. The van der Waals surface area contributed by atoms with Crippen molar-refractivity contribution in [3.05, 3.63) is 30.3 Å². The Labute approximate surface area is 98.9 Å². The summed E-state index contributed by atoms with van der Waals surface area (Å²) in [6, 6.07) is 9.93. The van der Waals surface area contributed by atoms with Crippen molar-refractivity contribution in [2.24, 2.45) is 0 Å². The van der Waals surface area contributed by atoms with Gasteiger partial charge in [-0.05, 0) is 24.3 Å². The van der Waals surface area contributed by atoms with E-state index in [-0.39, 0.29) is 12.2 Å². The maximum absolute atomic E-state index is 11.1. The van der Waals surface area contributed by atoms with Gasteiger partial charge in [0.2, 0.25) is 0 Å². The molecular formula is C12H14O3S. The van der Waals surface area contributed by atoms with Crippen LogP contribution in [0.25, 0.3) is 0 Å². The number of carbonyl (C=O) groups excluding carboxylic acids is 1. The van der Waals surface area contributed by atoms with Crippen LogP contribution in [0.2, 0.25) is 0 Å². The van der Waals surface area contributed by atoms with Crippen LogP contribution in [0, 0.1) is 0 Å². The summed E-state index contributed by atoms with van der Waals surface area (Å²) in [4.78, 5) is 22.5. The lowest BCUT2D eigenvalue weighted by molar-refractivity contribution is -0.140. The van der Waals surface area contributed by atoms with E-state index in [1.807, 2.05) is 30.3 Å². The van der Waals surface area contributed by atoms with Crippen molar-refractivity contribution in [2.45, 2.75) is 24.2 Å². The van der Waals surface area contributed by atoms with Gasteiger partial charge in [-0.3, -0.25) is 9.59 Å². The van der Waals surface area contributed by atoms with Gasteiger partial charge in [0.15, 0.2) is 0 Å². The molecule has 16 heavy (non-hydrogen) atoms. The fourth-order valence-corrected chi connectivity index (χ4v) is 2.11. The third-order valence-electron chi connectivity index (χ3n) is 1.96. The summed E-state index contributed by atoms with van der Waals surface area (Å²) in [5.74, 6) is -0.392. The number of carboxylic acid groups (broad SMARTS) is 1. The molecule has 0 aliphatic carbocycles. The van der Waals surface area contributed by atoms with Crippen molar-refractivity contribution in [1.82, 2.24) is 0 Å². The van der Waals surface area contributed by atoms with Crippen LogP contribution in [0.5, 0.6) is 0 Å². The lowest BCUT2D eigenvalue weighted by Crippen LogP contribution is -2.06. The summed E-state index contributed by atoms with van der Waals surface area (Å²) in [6.45, 7) is 0. The molecule has 86 valence electrons. The van der Waals surface area contributed by atoms with Crippen LogP contribution in [0.4, 0.5) is 0 Å². The molecular weight excluding hydrogens is 224 g/mol. The molecule has 1 N–H and O–H groups in total. The maximum Gasteiger partial charge on any atom is 0.310 e. The largest absolute Gasteiger partial charge is 0.481 e. The van der Waals surface area contributed by atoms with Gasteiger partial charge in [-0.1, -0.05) is 18.2 Å². The molecule has 0 saturated heterocycles. The molecule has 0 spiro atoms. The van der Waals surface area contributed by atoms with E-state index in [1.165, 1.54) is 4.90 Å². The highest BCUT2D eigenvalue weighted by Gasteiger charge is 2.06. The lowest BCUT2D eigenvalue weighted by atomic mass is 10.2. The zero-order chi connectivity index (χ0) is 11.8. The van der Waals surface area contributed by atoms with Crippen molar-refractivity contribution in [3.63, 3.8) is 0 Å². The molecule has 0 aliphatic heterocycles. The summed E-state index contributed by atoms with van der Waals surface area (Å²) < 4.78 is 0. The molecule has 1 aromatic rings. The maximum atomic E-state index is 11.1. The number of carboxylic acids is 1. The van der Waals surface area contributed by atoms with E-state index in [2.05, 4.69) is 0 Å². The smallest absolute Gasteiger partial charge is 0.310 e. The zero-order valence-electron chi connectivity index (χ0n) is 8.89. The molecule has 0 aliphatic rings. The van der Waals surface area contributed by atoms with E-state index in [0.717, 1.165) is 12.2 Å². The average Bonchev–Trinajstić information content (AvgIpc) is 2.25. The Balaban J connectivity index is 2.13. The number of aliphatic carboxylic acids is 1. The van der Waals surface area contributed by atoms with Crippen LogP contribution >= 0.6 is 11.8 Å². The number of Topliss-reactive ketones (excluding diaryl/α,β-unsaturated/α-hetero) is 1. The first-order valence-electron chi connectivity index (χ1n) is 5.10. The first kappa shape index (κ1) is 12.8. The van der Waals surface area contributed by atoms with Crippen LogP contribution in [0.15, 0.2) is 35.2 Å². The molecule has 0 radical (unpaired) electrons. The van der Waals surface area contributed by atoms with Gasteiger partial charge in [-0.25, -0.2) is 0 Å². The Morgan fingerprint density at radius 2 is 1.88 bits per heavy atom. The van der Waals surface area contributed by atoms with Crippen LogP contribution in [-0.2, 0) is 9.59 Å². The van der Waals surface area contributed by atoms with Gasteiger partial charge in [0.05, 0.1) is 0 Å². The van der Waals surface area contributed by atoms with E-state index in [1.54, 1.807) is 11.8 Å². The summed E-state index contributed by atoms with van der Waals surface area (Å²) in [6.07, 6.45) is 0.730. The predicted octanol–water partition coefficient (Wildman–Crippen LogP) is 2.60.